The van der Waals surface area contributed by atoms with Gasteiger partial charge in [0.2, 0.25) is 0 Å². The van der Waals surface area contributed by atoms with E-state index >= 15 is 0 Å². The number of carbonyl (C=O) groups is 5. The minimum Gasteiger partial charge on any atom is -0.497 e. The number of hydrogen-bond acceptors (Lipinski definition) is 20. The highest BCUT2D eigenvalue weighted by molar-refractivity contribution is 6.06. The quantitative estimate of drug-likeness (QED) is 0.0283. The fourth-order valence-electron chi connectivity index (χ4n) is 15.0. The largest absolute Gasteiger partial charge is 0.497 e. The monoisotopic (exact) mass is 1760 g/mol. The van der Waals surface area contributed by atoms with Crippen LogP contribution >= 0.6 is 0 Å². The van der Waals surface area contributed by atoms with Gasteiger partial charge in [-0.25, -0.2) is 0 Å². The van der Waals surface area contributed by atoms with Crippen molar-refractivity contribution < 1.29 is 38.6 Å². The summed E-state index contributed by atoms with van der Waals surface area (Å²) in [5.74, 6) is -0.784. The van der Waals surface area contributed by atoms with Crippen LogP contribution in [-0.2, 0) is 4.74 Å². The Labute approximate surface area is 754 Å². The molecular formula is C101H101N17O13. The molecule has 1 unspecified atom stereocenters. The summed E-state index contributed by atoms with van der Waals surface area (Å²) in [6.07, 6.45) is 33.9. The number of carbonyl (C=O) groups excluding carboxylic acids is 5. The first-order chi connectivity index (χ1) is 63.9. The number of anilines is 3. The van der Waals surface area contributed by atoms with Gasteiger partial charge in [0.1, 0.15) is 33.6 Å². The minimum absolute atomic E-state index is 0.00502. The number of aromatic amines is 5. The van der Waals surface area contributed by atoms with Crippen LogP contribution in [0, 0.1) is 0 Å². The number of H-pyrrole nitrogens is 5. The highest BCUT2D eigenvalue weighted by Crippen LogP contribution is 2.34. The normalized spacial score (nSPS) is 13.4. The molecule has 0 bridgehead atoms. The maximum atomic E-state index is 12.7. The standard InChI is InChI=1S/C23H23N3O2.C21H20N4O3.C20H19N3O3.C19H17N3O3.C18H22N4O2/c27-22-21(14-19(15-25-22)18-10-12-24-13-11-18)23(28)26-20-8-6-17(7-9-20)16-4-2-1-3-5-16;26-20-19(13-16(14-23-20)15-5-7-22-8-6-15)21(27)24-17-1-3-18(4-2-17)25-9-11-28-12-10-25;1-13(14-3-5-17(26-2)6-4-14)23-20(25)18-11-16(12-22-19(18)24)15-7-9-21-10-8-15;23-17(14-4-2-1-3-5-14)12-22-19(25)16-10-15(11-21-18(16)24)13-6-8-20-9-7-13;23-17(20-8-11-22-9-2-1-3-10-22)16-12-15(13-21-18(16)24)14-4-6-19-7-5-14/h6-16H,1-5H2,(H,25,27)(H,26,28);1-8,13-14H,9-12H2,(H,23,26)(H,24,27);3-13H,1-2H3,(H,22,24)(H,23,25);1-11,17,23H,12H2,(H,21,24)(H,22,25);4-7,12-13H,1-3,8-11H2,(H,20,23)(H,21,24)/t;;;17-;/m...1./s1. The Hall–Kier alpha value is -15.8. The Kier molecular flexibility index (Phi) is 33.4. The van der Waals surface area contributed by atoms with Gasteiger partial charge in [-0.15, -0.1) is 0 Å². The zero-order chi connectivity index (χ0) is 91.6. The van der Waals surface area contributed by atoms with E-state index in [0.29, 0.717) is 35.0 Å². The van der Waals surface area contributed by atoms with Crippen molar-refractivity contribution in [2.24, 2.45) is 0 Å². The molecule has 1 aliphatic carbocycles. The maximum absolute atomic E-state index is 12.7. The van der Waals surface area contributed by atoms with Crippen LogP contribution in [0.15, 0.2) is 311 Å². The molecule has 2 atom stereocenters. The van der Waals surface area contributed by atoms with Crippen molar-refractivity contribution in [3.63, 3.8) is 0 Å². The van der Waals surface area contributed by atoms with Crippen LogP contribution in [-0.4, -0.2) is 156 Å². The number of methoxy groups -OCH3 is 1. The van der Waals surface area contributed by atoms with Gasteiger partial charge in [0.25, 0.3) is 57.3 Å². The summed E-state index contributed by atoms with van der Waals surface area (Å²) in [7, 11) is 1.60. The number of morpholine rings is 1. The molecule has 17 rings (SSSR count). The van der Waals surface area contributed by atoms with Crippen LogP contribution in [0.3, 0.4) is 0 Å². The molecule has 0 spiro atoms. The Morgan fingerprint density at radius 3 is 1.18 bits per heavy atom. The summed E-state index contributed by atoms with van der Waals surface area (Å²) in [4.78, 5) is 160. The van der Waals surface area contributed by atoms with Gasteiger partial charge in [-0.3, -0.25) is 72.9 Å². The smallest absolute Gasteiger partial charge is 0.261 e. The van der Waals surface area contributed by atoms with Gasteiger partial charge in [-0.2, -0.15) is 0 Å². The highest BCUT2D eigenvalue weighted by atomic mass is 16.5. The first kappa shape index (κ1) is 92.9. The van der Waals surface area contributed by atoms with E-state index in [-0.39, 0.29) is 51.9 Å². The predicted octanol–water partition coefficient (Wildman–Crippen LogP) is 13.8. The van der Waals surface area contributed by atoms with E-state index in [2.05, 4.69) is 98.4 Å². The Morgan fingerprint density at radius 2 is 0.779 bits per heavy atom. The molecule has 10 aromatic heterocycles. The molecule has 2 aliphatic heterocycles. The lowest BCUT2D eigenvalue weighted by molar-refractivity contribution is 0.0912. The minimum atomic E-state index is -0.840. The van der Waals surface area contributed by atoms with Gasteiger partial charge < -0.3 is 75.9 Å². The first-order valence-electron chi connectivity index (χ1n) is 43.2. The summed E-state index contributed by atoms with van der Waals surface area (Å²) in [5.41, 5.74) is 11.7. The van der Waals surface area contributed by atoms with E-state index in [4.69, 9.17) is 9.47 Å². The summed E-state index contributed by atoms with van der Waals surface area (Å²) in [5, 5.41) is 24.0. The molecule has 131 heavy (non-hydrogen) atoms. The molecule has 5 amide bonds. The Balaban J connectivity index is 0.000000140. The summed E-state index contributed by atoms with van der Waals surface area (Å²) in [6.45, 7) is 8.58. The number of pyridine rings is 10. The lowest BCUT2D eigenvalue weighted by Crippen LogP contribution is -2.38. The average molecular weight is 1760 g/mol. The number of rotatable bonds is 23. The van der Waals surface area contributed by atoms with Gasteiger partial charge in [0.15, 0.2) is 0 Å². The Bertz CT molecular complexity index is 6250. The van der Waals surface area contributed by atoms with Crippen LogP contribution in [0.25, 0.3) is 55.6 Å². The maximum Gasteiger partial charge on any atom is 0.261 e. The van der Waals surface area contributed by atoms with Gasteiger partial charge >= 0.3 is 0 Å². The predicted molar refractivity (Wildman–Crippen MR) is 504 cm³/mol. The van der Waals surface area contributed by atoms with Gasteiger partial charge in [-0.05, 0) is 263 Å². The van der Waals surface area contributed by atoms with Crippen LogP contribution in [0.5, 0.6) is 5.75 Å². The van der Waals surface area contributed by atoms with Crippen LogP contribution in [0.2, 0.25) is 0 Å². The van der Waals surface area contributed by atoms with E-state index in [1.807, 2.05) is 134 Å². The number of ether oxygens (including phenoxy) is 2. The number of likely N-dealkylation sites (tertiary alicyclic amines) is 1. The number of piperidine rings is 1. The number of aliphatic hydroxyl groups is 1. The molecule has 2 saturated heterocycles. The molecule has 30 heteroatoms. The molecule has 4 aromatic carbocycles. The van der Waals surface area contributed by atoms with Crippen LogP contribution in [0.1, 0.15) is 145 Å². The number of nitrogens with zero attached hydrogens (tertiary/aromatic N) is 7. The highest BCUT2D eigenvalue weighted by Gasteiger charge is 2.23. The SMILES string of the molecule is COc1ccc(C(C)NC(=O)c2cc(-c3ccncc3)c[nH]c2=O)cc1.O=C(NCCN1CCCCC1)c1cc(-c2ccncc2)c[nH]c1=O.O=C(NC[C@@H](O)c1ccccc1)c1cc(-c2ccncc2)c[nH]c1=O.O=C(Nc1ccc(C2CCCCC2)cc1)c1cc(-c2ccncc2)c[nH]c1=O.O=C(Nc1ccc(N2CCOCC2)cc1)c1cc(-c2ccncc2)c[nH]c1=O. The van der Waals surface area contributed by atoms with Crippen molar-refractivity contribution in [1.29, 1.82) is 0 Å². The molecule has 12 heterocycles. The number of aliphatic hydroxyl groups excluding tert-OH is 1. The lowest BCUT2D eigenvalue weighted by atomic mass is 9.84. The molecule has 1 saturated carbocycles. The van der Waals surface area contributed by atoms with E-state index in [1.165, 1.54) is 63.0 Å². The third kappa shape index (κ3) is 26.7. The van der Waals surface area contributed by atoms with E-state index in [9.17, 15) is 53.1 Å². The van der Waals surface area contributed by atoms with E-state index in [0.717, 1.165) is 113 Å². The molecule has 3 aliphatic rings. The number of aromatic nitrogens is 10. The number of amides is 5. The fraction of sp³-hybridized carbons (Fsp3) is 0.218. The average Bonchev–Trinajstić information content (AvgIpc) is 0.831. The number of benzene rings is 4. The third-order valence-corrected chi connectivity index (χ3v) is 22.3. The summed E-state index contributed by atoms with van der Waals surface area (Å²) < 4.78 is 10.5. The fourth-order valence-corrected chi connectivity index (χ4v) is 15.0. The molecular weight excluding hydrogens is 1660 g/mol. The zero-order valence-corrected chi connectivity index (χ0v) is 72.4. The summed E-state index contributed by atoms with van der Waals surface area (Å²) in [6, 6.07) is 57.9. The van der Waals surface area contributed by atoms with Gasteiger partial charge in [0.05, 0.1) is 32.5 Å². The number of nitrogens with one attached hydrogen (secondary N) is 10. The van der Waals surface area contributed by atoms with Crippen LogP contribution in [0.4, 0.5) is 17.1 Å². The zero-order valence-electron chi connectivity index (χ0n) is 72.4. The lowest BCUT2D eigenvalue weighted by Gasteiger charge is -2.28. The second-order valence-electron chi connectivity index (χ2n) is 31.1. The van der Waals surface area contributed by atoms with Crippen molar-refractivity contribution in [1.82, 2.24) is 70.7 Å². The van der Waals surface area contributed by atoms with Crippen molar-refractivity contribution in [2.75, 3.05) is 81.7 Å². The van der Waals surface area contributed by atoms with E-state index in [1.54, 1.807) is 149 Å². The Morgan fingerprint density at radius 1 is 0.412 bits per heavy atom. The topological polar surface area (TPSA) is 419 Å². The van der Waals surface area contributed by atoms with Crippen molar-refractivity contribution in [3.8, 4) is 61.4 Å². The van der Waals surface area contributed by atoms with Gasteiger partial charge in [0, 0.05) is 143 Å². The molecule has 30 nitrogen and oxygen atoms in total. The number of hydrogen-bond donors (Lipinski definition) is 11. The molecule has 668 valence electrons. The molecule has 0 radical (unpaired) electrons. The first-order valence-corrected chi connectivity index (χ1v) is 43.2. The molecule has 14 aromatic rings. The molecule has 3 fully saturated rings. The van der Waals surface area contributed by atoms with Crippen LogP contribution < -0.4 is 64.0 Å². The third-order valence-electron chi connectivity index (χ3n) is 22.3. The molecule has 11 N–H and O–H groups in total. The van der Waals surface area contributed by atoms with Crippen molar-refractivity contribution in [3.05, 3.63) is 383 Å². The second-order valence-corrected chi connectivity index (χ2v) is 31.1. The van der Waals surface area contributed by atoms with Crippen molar-refractivity contribution >= 4 is 46.6 Å². The van der Waals surface area contributed by atoms with Crippen molar-refractivity contribution in [2.45, 2.75) is 76.4 Å². The van der Waals surface area contributed by atoms with Gasteiger partial charge in [-0.1, -0.05) is 80.3 Å². The van der Waals surface area contributed by atoms with E-state index < -0.39 is 52.0 Å². The summed E-state index contributed by atoms with van der Waals surface area (Å²) >= 11 is 0. The second kappa shape index (κ2) is 47.1.